The van der Waals surface area contributed by atoms with E-state index in [-0.39, 0.29) is 5.92 Å². The summed E-state index contributed by atoms with van der Waals surface area (Å²) in [5.74, 6) is 1.77. The van der Waals surface area contributed by atoms with Crippen molar-refractivity contribution in [2.24, 2.45) is 5.92 Å². The summed E-state index contributed by atoms with van der Waals surface area (Å²) in [6.45, 7) is 4.24. The van der Waals surface area contributed by atoms with Crippen LogP contribution in [-0.4, -0.2) is 28.0 Å². The zero-order valence-electron chi connectivity index (χ0n) is 8.32. The Morgan fingerprint density at radius 1 is 1.38 bits per heavy atom. The highest BCUT2D eigenvalue weighted by Gasteiger charge is 2.38. The lowest BCUT2D eigenvalue weighted by atomic mass is 10.1. The SMILES string of the molecule is C[C@@H]1CS[C@@H]2CCC[C@H](C)C(=O)N12. The van der Waals surface area contributed by atoms with Crippen molar-refractivity contribution in [2.75, 3.05) is 5.75 Å². The highest BCUT2D eigenvalue weighted by molar-refractivity contribution is 8.00. The van der Waals surface area contributed by atoms with Crippen LogP contribution in [0.3, 0.4) is 0 Å². The first-order chi connectivity index (χ1) is 6.20. The van der Waals surface area contributed by atoms with E-state index >= 15 is 0 Å². The van der Waals surface area contributed by atoms with E-state index in [1.807, 2.05) is 11.8 Å². The Kier molecular flexibility index (Phi) is 2.54. The number of fused-ring (bicyclic) bond motifs is 1. The maximum atomic E-state index is 11.9. The van der Waals surface area contributed by atoms with E-state index in [1.165, 1.54) is 12.8 Å². The van der Waals surface area contributed by atoms with Gasteiger partial charge in [-0.15, -0.1) is 11.8 Å². The number of nitrogens with zero attached hydrogens (tertiary/aromatic N) is 1. The van der Waals surface area contributed by atoms with Crippen LogP contribution < -0.4 is 0 Å². The molecule has 2 nitrogen and oxygen atoms in total. The highest BCUT2D eigenvalue weighted by Crippen LogP contribution is 2.36. The quantitative estimate of drug-likeness (QED) is 0.595. The van der Waals surface area contributed by atoms with Crippen molar-refractivity contribution in [2.45, 2.75) is 44.5 Å². The standard InChI is InChI=1S/C10H17NOS/c1-7-4-3-5-9-11(10(7)12)8(2)6-13-9/h7-9H,3-6H2,1-2H3/t7-,8+,9+/m0/s1. The summed E-state index contributed by atoms with van der Waals surface area (Å²) < 4.78 is 0. The molecule has 0 spiro atoms. The van der Waals surface area contributed by atoms with E-state index in [2.05, 4.69) is 18.7 Å². The lowest BCUT2D eigenvalue weighted by Crippen LogP contribution is -2.41. The van der Waals surface area contributed by atoms with Crippen molar-refractivity contribution in [3.05, 3.63) is 0 Å². The zero-order chi connectivity index (χ0) is 9.42. The predicted molar refractivity (Wildman–Crippen MR) is 55.6 cm³/mol. The Hall–Kier alpha value is -0.180. The van der Waals surface area contributed by atoms with Crippen LogP contribution in [0.25, 0.3) is 0 Å². The Morgan fingerprint density at radius 2 is 2.15 bits per heavy atom. The second-order valence-electron chi connectivity index (χ2n) is 4.21. The van der Waals surface area contributed by atoms with Crippen molar-refractivity contribution in [1.29, 1.82) is 0 Å². The summed E-state index contributed by atoms with van der Waals surface area (Å²) in [5, 5.41) is 0.493. The topological polar surface area (TPSA) is 20.3 Å². The fraction of sp³-hybridized carbons (Fsp3) is 0.900. The number of carbonyl (C=O) groups is 1. The molecule has 0 aromatic rings. The molecule has 0 unspecified atom stereocenters. The van der Waals surface area contributed by atoms with Crippen LogP contribution in [0.15, 0.2) is 0 Å². The molecular weight excluding hydrogens is 182 g/mol. The van der Waals surface area contributed by atoms with Crippen LogP contribution in [0.1, 0.15) is 33.1 Å². The summed E-state index contributed by atoms with van der Waals surface area (Å²) in [4.78, 5) is 14.1. The maximum Gasteiger partial charge on any atom is 0.226 e. The first-order valence-electron chi connectivity index (χ1n) is 5.14. The Morgan fingerprint density at radius 3 is 2.92 bits per heavy atom. The average Bonchev–Trinajstić information content (AvgIpc) is 2.39. The number of hydrogen-bond acceptors (Lipinski definition) is 2. The van der Waals surface area contributed by atoms with E-state index in [1.54, 1.807) is 0 Å². The number of hydrogen-bond donors (Lipinski definition) is 0. The van der Waals surface area contributed by atoms with Crippen molar-refractivity contribution in [3.8, 4) is 0 Å². The number of carbonyl (C=O) groups excluding carboxylic acids is 1. The molecule has 74 valence electrons. The molecular formula is C10H17NOS. The van der Waals surface area contributed by atoms with Gasteiger partial charge >= 0.3 is 0 Å². The molecule has 2 aliphatic rings. The lowest BCUT2D eigenvalue weighted by molar-refractivity contribution is -0.136. The van der Waals surface area contributed by atoms with Crippen LogP contribution in [-0.2, 0) is 4.79 Å². The van der Waals surface area contributed by atoms with E-state index in [9.17, 15) is 4.79 Å². The molecule has 1 amide bonds. The third-order valence-corrected chi connectivity index (χ3v) is 4.60. The Bertz CT molecular complexity index is 219. The van der Waals surface area contributed by atoms with Gasteiger partial charge in [-0.2, -0.15) is 0 Å². The van der Waals surface area contributed by atoms with Gasteiger partial charge in [0.2, 0.25) is 5.91 Å². The van der Waals surface area contributed by atoms with Crippen LogP contribution in [0, 0.1) is 5.92 Å². The molecule has 3 atom stereocenters. The summed E-state index contributed by atoms with van der Waals surface area (Å²) >= 11 is 1.96. The normalized spacial score (nSPS) is 40.3. The predicted octanol–water partition coefficient (Wildman–Crippen LogP) is 2.10. The van der Waals surface area contributed by atoms with E-state index in [0.29, 0.717) is 17.3 Å². The van der Waals surface area contributed by atoms with Crippen molar-refractivity contribution in [3.63, 3.8) is 0 Å². The van der Waals surface area contributed by atoms with E-state index < -0.39 is 0 Å². The third kappa shape index (κ3) is 1.58. The molecule has 2 rings (SSSR count). The molecule has 0 aromatic heterocycles. The van der Waals surface area contributed by atoms with E-state index in [0.717, 1.165) is 12.2 Å². The molecule has 0 saturated carbocycles. The fourth-order valence-electron chi connectivity index (χ4n) is 2.25. The molecule has 13 heavy (non-hydrogen) atoms. The van der Waals surface area contributed by atoms with E-state index in [4.69, 9.17) is 0 Å². The highest BCUT2D eigenvalue weighted by atomic mass is 32.2. The first-order valence-corrected chi connectivity index (χ1v) is 6.19. The molecule has 3 heteroatoms. The zero-order valence-corrected chi connectivity index (χ0v) is 9.14. The third-order valence-electron chi connectivity index (χ3n) is 3.08. The molecule has 0 radical (unpaired) electrons. The summed E-state index contributed by atoms with van der Waals surface area (Å²) in [7, 11) is 0. The summed E-state index contributed by atoms with van der Waals surface area (Å²) in [6, 6.07) is 0.461. The minimum atomic E-state index is 0.256. The van der Waals surface area contributed by atoms with Gasteiger partial charge in [-0.25, -0.2) is 0 Å². The van der Waals surface area contributed by atoms with Gasteiger partial charge in [0.1, 0.15) is 0 Å². The molecule has 0 N–H and O–H groups in total. The van der Waals surface area contributed by atoms with Crippen molar-refractivity contribution < 1.29 is 4.79 Å². The van der Waals surface area contributed by atoms with Crippen LogP contribution >= 0.6 is 11.8 Å². The largest absolute Gasteiger partial charge is 0.327 e. The molecule has 2 heterocycles. The molecule has 2 aliphatic heterocycles. The molecule has 0 aliphatic carbocycles. The molecule has 0 aromatic carbocycles. The van der Waals surface area contributed by atoms with Gasteiger partial charge in [-0.1, -0.05) is 6.92 Å². The lowest BCUT2D eigenvalue weighted by Gasteiger charge is -2.26. The summed E-state index contributed by atoms with van der Waals surface area (Å²) in [6.07, 6.45) is 3.50. The number of amides is 1. The smallest absolute Gasteiger partial charge is 0.226 e. The second-order valence-corrected chi connectivity index (χ2v) is 5.43. The van der Waals surface area contributed by atoms with Crippen LogP contribution in [0.4, 0.5) is 0 Å². The van der Waals surface area contributed by atoms with Crippen LogP contribution in [0.5, 0.6) is 0 Å². The van der Waals surface area contributed by atoms with Gasteiger partial charge < -0.3 is 4.90 Å². The van der Waals surface area contributed by atoms with Gasteiger partial charge in [-0.05, 0) is 26.2 Å². The minimum absolute atomic E-state index is 0.256. The van der Waals surface area contributed by atoms with Gasteiger partial charge in [-0.3, -0.25) is 4.79 Å². The van der Waals surface area contributed by atoms with Crippen LogP contribution in [0.2, 0.25) is 0 Å². The molecule has 2 saturated heterocycles. The van der Waals surface area contributed by atoms with Crippen molar-refractivity contribution in [1.82, 2.24) is 4.90 Å². The van der Waals surface area contributed by atoms with Gasteiger partial charge in [0, 0.05) is 17.7 Å². The summed E-state index contributed by atoms with van der Waals surface area (Å²) in [5.41, 5.74) is 0. The molecule has 2 fully saturated rings. The van der Waals surface area contributed by atoms with Gasteiger partial charge in [0.25, 0.3) is 0 Å². The first kappa shape index (κ1) is 9.38. The number of rotatable bonds is 0. The van der Waals surface area contributed by atoms with Gasteiger partial charge in [0.05, 0.1) is 5.37 Å². The monoisotopic (exact) mass is 199 g/mol. The maximum absolute atomic E-state index is 11.9. The van der Waals surface area contributed by atoms with Gasteiger partial charge in [0.15, 0.2) is 0 Å². The second kappa shape index (κ2) is 3.52. The number of thioether (sulfide) groups is 1. The van der Waals surface area contributed by atoms with Crippen molar-refractivity contribution >= 4 is 17.7 Å². The fourth-order valence-corrected chi connectivity index (χ4v) is 3.72. The minimum Gasteiger partial charge on any atom is -0.327 e. The Balaban J connectivity index is 2.18. The average molecular weight is 199 g/mol. The molecule has 0 bridgehead atoms. The Labute approximate surface area is 84.1 Å².